The van der Waals surface area contributed by atoms with Gasteiger partial charge < -0.3 is 18.9 Å². The van der Waals surface area contributed by atoms with Gasteiger partial charge in [0.2, 0.25) is 0 Å². The van der Waals surface area contributed by atoms with E-state index >= 15 is 0 Å². The summed E-state index contributed by atoms with van der Waals surface area (Å²) in [5, 5.41) is 0. The van der Waals surface area contributed by atoms with Crippen molar-refractivity contribution in [3.63, 3.8) is 0 Å². The molecule has 2 atom stereocenters. The Kier molecular flexibility index (Phi) is 7.49. The standard InChI is InChI=1S/C22H30O6/c1-15-6-11-19(12-16(15)2)22(3,4)28-21(24)27-14-18-9-7-17(8-10-18)13-26-20(23)25-5/h6-10,16,19H,11-14H2,1-5H3. The Bertz CT molecular complexity index is 704. The Balaban J connectivity index is 1.81. The lowest BCUT2D eigenvalue weighted by Crippen LogP contribution is -2.38. The topological polar surface area (TPSA) is 71.1 Å². The highest BCUT2D eigenvalue weighted by Gasteiger charge is 2.36. The quantitative estimate of drug-likeness (QED) is 0.479. The fraction of sp³-hybridized carbons (Fsp3) is 0.545. The first-order valence-corrected chi connectivity index (χ1v) is 9.52. The van der Waals surface area contributed by atoms with E-state index in [1.807, 2.05) is 26.0 Å². The van der Waals surface area contributed by atoms with Crippen molar-refractivity contribution in [1.29, 1.82) is 0 Å². The molecule has 1 aromatic rings. The number of carbonyl (C=O) groups is 2. The van der Waals surface area contributed by atoms with Crippen LogP contribution in [0.2, 0.25) is 0 Å². The number of hydrogen-bond donors (Lipinski definition) is 0. The number of rotatable bonds is 6. The fourth-order valence-electron chi connectivity index (χ4n) is 3.21. The molecule has 28 heavy (non-hydrogen) atoms. The van der Waals surface area contributed by atoms with Crippen LogP contribution in [0.1, 0.15) is 51.7 Å². The third-order valence-corrected chi connectivity index (χ3v) is 5.37. The Labute approximate surface area is 166 Å². The van der Waals surface area contributed by atoms with Gasteiger partial charge in [-0.25, -0.2) is 9.59 Å². The van der Waals surface area contributed by atoms with E-state index in [-0.39, 0.29) is 19.1 Å². The number of allylic oxidation sites excluding steroid dienone is 2. The zero-order valence-corrected chi connectivity index (χ0v) is 17.3. The minimum absolute atomic E-state index is 0.118. The minimum Gasteiger partial charge on any atom is -0.438 e. The van der Waals surface area contributed by atoms with Crippen molar-refractivity contribution in [2.24, 2.45) is 11.8 Å². The van der Waals surface area contributed by atoms with Crippen LogP contribution in [0, 0.1) is 11.8 Å². The van der Waals surface area contributed by atoms with Gasteiger partial charge in [-0.15, -0.1) is 0 Å². The molecule has 0 heterocycles. The molecule has 2 unspecified atom stereocenters. The van der Waals surface area contributed by atoms with Crippen molar-refractivity contribution in [1.82, 2.24) is 0 Å². The highest BCUT2D eigenvalue weighted by atomic mass is 16.7. The normalized spacial score (nSPS) is 19.4. The van der Waals surface area contributed by atoms with E-state index in [0.717, 1.165) is 24.0 Å². The molecule has 0 bridgehead atoms. The summed E-state index contributed by atoms with van der Waals surface area (Å²) in [4.78, 5) is 23.1. The molecular formula is C22H30O6. The van der Waals surface area contributed by atoms with Gasteiger partial charge in [0.05, 0.1) is 7.11 Å². The molecule has 0 N–H and O–H groups in total. The van der Waals surface area contributed by atoms with Crippen LogP contribution in [0.3, 0.4) is 0 Å². The summed E-state index contributed by atoms with van der Waals surface area (Å²) in [6, 6.07) is 7.22. The van der Waals surface area contributed by atoms with Crippen molar-refractivity contribution >= 4 is 12.3 Å². The van der Waals surface area contributed by atoms with Crippen LogP contribution in [0.4, 0.5) is 9.59 Å². The molecule has 2 rings (SSSR count). The van der Waals surface area contributed by atoms with Gasteiger partial charge in [0.25, 0.3) is 0 Å². The summed E-state index contributed by atoms with van der Waals surface area (Å²) in [7, 11) is 1.26. The molecule has 0 radical (unpaired) electrons. The molecule has 0 aliphatic heterocycles. The minimum atomic E-state index is -0.726. The Morgan fingerprint density at radius 3 is 2.07 bits per heavy atom. The van der Waals surface area contributed by atoms with Crippen LogP contribution in [-0.4, -0.2) is 25.0 Å². The van der Waals surface area contributed by atoms with Crippen LogP contribution in [0.15, 0.2) is 35.9 Å². The van der Waals surface area contributed by atoms with E-state index in [1.54, 1.807) is 12.1 Å². The molecule has 1 aliphatic carbocycles. The number of benzene rings is 1. The molecule has 0 spiro atoms. The first-order valence-electron chi connectivity index (χ1n) is 9.52. The molecular weight excluding hydrogens is 360 g/mol. The second-order valence-corrected chi connectivity index (χ2v) is 7.82. The molecule has 1 aliphatic rings. The third-order valence-electron chi connectivity index (χ3n) is 5.37. The summed E-state index contributed by atoms with van der Waals surface area (Å²) in [6.45, 7) is 8.47. The van der Waals surface area contributed by atoms with Crippen LogP contribution in [-0.2, 0) is 32.2 Å². The first-order chi connectivity index (χ1) is 13.2. The zero-order valence-electron chi connectivity index (χ0n) is 17.3. The van der Waals surface area contributed by atoms with Gasteiger partial charge in [0, 0.05) is 5.92 Å². The van der Waals surface area contributed by atoms with Gasteiger partial charge in [-0.05, 0) is 50.7 Å². The number of hydrogen-bond acceptors (Lipinski definition) is 6. The highest BCUT2D eigenvalue weighted by molar-refractivity contribution is 5.60. The van der Waals surface area contributed by atoms with Gasteiger partial charge in [-0.2, -0.15) is 0 Å². The maximum Gasteiger partial charge on any atom is 0.509 e. The van der Waals surface area contributed by atoms with Crippen molar-refractivity contribution in [3.8, 4) is 0 Å². The lowest BCUT2D eigenvalue weighted by molar-refractivity contribution is -0.0543. The van der Waals surface area contributed by atoms with Crippen molar-refractivity contribution in [2.45, 2.75) is 59.4 Å². The number of carbonyl (C=O) groups excluding carboxylic acids is 2. The van der Waals surface area contributed by atoms with E-state index in [2.05, 4.69) is 24.7 Å². The van der Waals surface area contributed by atoms with Crippen LogP contribution in [0.5, 0.6) is 0 Å². The zero-order chi connectivity index (χ0) is 20.7. The summed E-state index contributed by atoms with van der Waals surface area (Å²) >= 11 is 0. The molecule has 1 aromatic carbocycles. The van der Waals surface area contributed by atoms with E-state index in [0.29, 0.717) is 5.92 Å². The Hall–Kier alpha value is -2.50. The van der Waals surface area contributed by atoms with Gasteiger partial charge in [0.15, 0.2) is 0 Å². The maximum atomic E-state index is 12.2. The third kappa shape index (κ3) is 6.29. The summed E-state index contributed by atoms with van der Waals surface area (Å²) in [5.41, 5.74) is 2.45. The molecule has 0 aromatic heterocycles. The Morgan fingerprint density at radius 2 is 1.57 bits per heavy atom. The lowest BCUT2D eigenvalue weighted by atomic mass is 9.75. The lowest BCUT2D eigenvalue weighted by Gasteiger charge is -2.37. The van der Waals surface area contributed by atoms with E-state index in [9.17, 15) is 9.59 Å². The summed E-state index contributed by atoms with van der Waals surface area (Å²) < 4.78 is 20.2. The second-order valence-electron chi connectivity index (χ2n) is 7.82. The molecule has 0 saturated carbocycles. The SMILES string of the molecule is COC(=O)OCc1ccc(COC(=O)OC(C)(C)C2CC=C(C)C(C)C2)cc1. The Morgan fingerprint density at radius 1 is 1.04 bits per heavy atom. The molecule has 0 fully saturated rings. The predicted octanol–water partition coefficient (Wildman–Crippen LogP) is 5.39. The van der Waals surface area contributed by atoms with E-state index in [1.165, 1.54) is 12.7 Å². The molecule has 6 heteroatoms. The van der Waals surface area contributed by atoms with Gasteiger partial charge in [0.1, 0.15) is 18.8 Å². The van der Waals surface area contributed by atoms with Gasteiger partial charge in [-0.1, -0.05) is 42.8 Å². The van der Waals surface area contributed by atoms with Crippen molar-refractivity contribution in [2.75, 3.05) is 7.11 Å². The van der Waals surface area contributed by atoms with Crippen LogP contribution >= 0.6 is 0 Å². The van der Waals surface area contributed by atoms with Crippen molar-refractivity contribution in [3.05, 3.63) is 47.0 Å². The summed E-state index contributed by atoms with van der Waals surface area (Å²) in [5.74, 6) is 0.771. The van der Waals surface area contributed by atoms with Crippen LogP contribution in [0.25, 0.3) is 0 Å². The summed E-state index contributed by atoms with van der Waals surface area (Å²) in [6.07, 6.45) is 2.75. The predicted molar refractivity (Wildman–Crippen MR) is 105 cm³/mol. The average Bonchev–Trinajstić information content (AvgIpc) is 2.67. The molecule has 0 amide bonds. The van der Waals surface area contributed by atoms with Gasteiger partial charge in [-0.3, -0.25) is 0 Å². The molecule has 0 saturated heterocycles. The van der Waals surface area contributed by atoms with E-state index < -0.39 is 17.9 Å². The largest absolute Gasteiger partial charge is 0.509 e. The van der Waals surface area contributed by atoms with Gasteiger partial charge >= 0.3 is 12.3 Å². The van der Waals surface area contributed by atoms with Crippen LogP contribution < -0.4 is 0 Å². The first kappa shape index (κ1) is 21.8. The fourth-order valence-corrected chi connectivity index (χ4v) is 3.21. The number of ether oxygens (including phenoxy) is 4. The molecule has 154 valence electrons. The smallest absolute Gasteiger partial charge is 0.438 e. The second kappa shape index (κ2) is 9.62. The van der Waals surface area contributed by atoms with E-state index in [4.69, 9.17) is 14.2 Å². The average molecular weight is 390 g/mol. The highest BCUT2D eigenvalue weighted by Crippen LogP contribution is 2.37. The number of methoxy groups -OCH3 is 1. The monoisotopic (exact) mass is 390 g/mol. The maximum absolute atomic E-state index is 12.2. The molecule has 6 nitrogen and oxygen atoms in total. The van der Waals surface area contributed by atoms with Crippen molar-refractivity contribution < 1.29 is 28.5 Å².